The Bertz CT molecular complexity index is 798. The number of benzene rings is 1. The monoisotopic (exact) mass is 307 g/mol. The van der Waals surface area contributed by atoms with E-state index in [-0.39, 0.29) is 15.7 Å². The summed E-state index contributed by atoms with van der Waals surface area (Å²) < 4.78 is 26.8. The molecule has 0 saturated heterocycles. The van der Waals surface area contributed by atoms with Crippen molar-refractivity contribution in [3.05, 3.63) is 52.7 Å². The molecule has 1 aromatic heterocycles. The molecule has 0 radical (unpaired) electrons. The molecule has 5 nitrogen and oxygen atoms in total. The Hall–Kier alpha value is -2.10. The molecule has 0 unspecified atom stereocenters. The summed E-state index contributed by atoms with van der Waals surface area (Å²) in [5, 5.41) is 8.73. The van der Waals surface area contributed by atoms with Crippen molar-refractivity contribution in [1.29, 1.82) is 5.26 Å². The number of nitriles is 1. The highest BCUT2D eigenvalue weighted by molar-refractivity contribution is 7.92. The highest BCUT2D eigenvalue weighted by Crippen LogP contribution is 2.24. The SMILES string of the molecule is Cc1ccnc(NS(=O)(=O)c2ccc(C#N)cc2Cl)c1. The van der Waals surface area contributed by atoms with E-state index in [0.717, 1.165) is 5.56 Å². The quantitative estimate of drug-likeness (QED) is 0.945. The molecule has 2 rings (SSSR count). The first-order chi connectivity index (χ1) is 9.42. The molecule has 0 amide bonds. The second-order valence-electron chi connectivity index (χ2n) is 4.08. The number of rotatable bonds is 3. The van der Waals surface area contributed by atoms with E-state index in [2.05, 4.69) is 9.71 Å². The fourth-order valence-electron chi connectivity index (χ4n) is 1.57. The molecule has 0 fully saturated rings. The van der Waals surface area contributed by atoms with Crippen LogP contribution in [0.4, 0.5) is 5.82 Å². The van der Waals surface area contributed by atoms with Gasteiger partial charge in [-0.15, -0.1) is 0 Å². The molecule has 20 heavy (non-hydrogen) atoms. The standard InChI is InChI=1S/C13H10ClN3O2S/c1-9-4-5-16-13(6-9)17-20(18,19)12-3-2-10(8-15)7-11(12)14/h2-7H,1H3,(H,16,17). The maximum Gasteiger partial charge on any atom is 0.264 e. The highest BCUT2D eigenvalue weighted by atomic mass is 35.5. The van der Waals surface area contributed by atoms with Gasteiger partial charge in [0.1, 0.15) is 10.7 Å². The van der Waals surface area contributed by atoms with Crippen molar-refractivity contribution in [3.63, 3.8) is 0 Å². The van der Waals surface area contributed by atoms with E-state index < -0.39 is 10.0 Å². The van der Waals surface area contributed by atoms with Crippen LogP contribution in [0.5, 0.6) is 0 Å². The topological polar surface area (TPSA) is 82.8 Å². The molecule has 7 heteroatoms. The van der Waals surface area contributed by atoms with Crippen LogP contribution in [0.1, 0.15) is 11.1 Å². The molecule has 0 aliphatic heterocycles. The number of hydrogen-bond acceptors (Lipinski definition) is 4. The van der Waals surface area contributed by atoms with Gasteiger partial charge >= 0.3 is 0 Å². The summed E-state index contributed by atoms with van der Waals surface area (Å²) in [7, 11) is -3.84. The number of aryl methyl sites for hydroxylation is 1. The largest absolute Gasteiger partial charge is 0.264 e. The van der Waals surface area contributed by atoms with Crippen LogP contribution in [0.2, 0.25) is 5.02 Å². The predicted molar refractivity (Wildman–Crippen MR) is 75.9 cm³/mol. The molecular formula is C13H10ClN3O2S. The fourth-order valence-corrected chi connectivity index (χ4v) is 3.12. The Morgan fingerprint density at radius 1 is 1.30 bits per heavy atom. The third-order valence-corrected chi connectivity index (χ3v) is 4.34. The zero-order valence-corrected chi connectivity index (χ0v) is 12.0. The minimum absolute atomic E-state index is 0.01000. The van der Waals surface area contributed by atoms with Gasteiger partial charge in [-0.3, -0.25) is 4.72 Å². The lowest BCUT2D eigenvalue weighted by molar-refractivity contribution is 0.601. The molecule has 0 atom stereocenters. The number of pyridine rings is 1. The molecule has 0 bridgehead atoms. The Balaban J connectivity index is 2.39. The van der Waals surface area contributed by atoms with E-state index in [1.165, 1.54) is 24.4 Å². The first-order valence-electron chi connectivity index (χ1n) is 5.57. The first kappa shape index (κ1) is 14.3. The van der Waals surface area contributed by atoms with Crippen molar-refractivity contribution in [2.24, 2.45) is 0 Å². The lowest BCUT2D eigenvalue weighted by Gasteiger charge is -2.09. The van der Waals surface area contributed by atoms with Gasteiger partial charge in [-0.1, -0.05) is 11.6 Å². The number of halogens is 1. The average Bonchev–Trinajstić information content (AvgIpc) is 2.37. The van der Waals surface area contributed by atoms with Crippen LogP contribution >= 0.6 is 11.6 Å². The Morgan fingerprint density at radius 3 is 2.65 bits per heavy atom. The van der Waals surface area contributed by atoms with E-state index in [1.807, 2.05) is 13.0 Å². The zero-order chi connectivity index (χ0) is 14.8. The maximum absolute atomic E-state index is 12.2. The smallest absolute Gasteiger partial charge is 0.263 e. The minimum Gasteiger partial charge on any atom is -0.263 e. The molecule has 1 N–H and O–H groups in total. The van der Waals surface area contributed by atoms with Gasteiger partial charge in [0.2, 0.25) is 0 Å². The number of nitrogens with one attached hydrogen (secondary N) is 1. The molecule has 1 heterocycles. The van der Waals surface area contributed by atoms with Crippen LogP contribution in [0, 0.1) is 18.3 Å². The fraction of sp³-hybridized carbons (Fsp3) is 0.0769. The van der Waals surface area contributed by atoms with Crippen LogP contribution in [0.3, 0.4) is 0 Å². The number of aromatic nitrogens is 1. The van der Waals surface area contributed by atoms with E-state index in [0.29, 0.717) is 5.56 Å². The van der Waals surface area contributed by atoms with Crippen LogP contribution in [-0.4, -0.2) is 13.4 Å². The van der Waals surface area contributed by atoms with E-state index in [9.17, 15) is 8.42 Å². The van der Waals surface area contributed by atoms with Crippen LogP contribution in [0.25, 0.3) is 0 Å². The van der Waals surface area contributed by atoms with Crippen molar-refractivity contribution < 1.29 is 8.42 Å². The number of sulfonamides is 1. The van der Waals surface area contributed by atoms with Gasteiger partial charge < -0.3 is 0 Å². The Kier molecular flexibility index (Phi) is 3.93. The summed E-state index contributed by atoms with van der Waals surface area (Å²) in [5.41, 5.74) is 1.17. The lowest BCUT2D eigenvalue weighted by Crippen LogP contribution is -2.14. The van der Waals surface area contributed by atoms with Gasteiger partial charge in [-0.2, -0.15) is 5.26 Å². The molecule has 102 valence electrons. The Morgan fingerprint density at radius 2 is 2.05 bits per heavy atom. The normalized spacial score (nSPS) is 10.8. The summed E-state index contributed by atoms with van der Waals surface area (Å²) >= 11 is 5.90. The number of nitrogens with zero attached hydrogens (tertiary/aromatic N) is 2. The number of anilines is 1. The van der Waals surface area contributed by atoms with Crippen molar-refractivity contribution in [3.8, 4) is 6.07 Å². The maximum atomic E-state index is 12.2. The third-order valence-electron chi connectivity index (χ3n) is 2.50. The molecular weight excluding hydrogens is 298 g/mol. The summed E-state index contributed by atoms with van der Waals surface area (Å²) in [6.07, 6.45) is 1.51. The molecule has 2 aromatic rings. The summed E-state index contributed by atoms with van der Waals surface area (Å²) in [6, 6.07) is 9.24. The minimum atomic E-state index is -3.84. The second kappa shape index (κ2) is 5.49. The third kappa shape index (κ3) is 3.07. The van der Waals surface area contributed by atoms with Gasteiger partial charge in [0, 0.05) is 6.20 Å². The highest BCUT2D eigenvalue weighted by Gasteiger charge is 2.18. The Labute approximate surface area is 121 Å². The number of hydrogen-bond donors (Lipinski definition) is 1. The van der Waals surface area contributed by atoms with E-state index >= 15 is 0 Å². The van der Waals surface area contributed by atoms with Crippen molar-refractivity contribution in [2.75, 3.05) is 4.72 Å². The predicted octanol–water partition coefficient (Wildman–Crippen LogP) is 2.72. The van der Waals surface area contributed by atoms with E-state index in [1.54, 1.807) is 12.1 Å². The van der Waals surface area contributed by atoms with Crippen molar-refractivity contribution >= 4 is 27.4 Å². The average molecular weight is 308 g/mol. The lowest BCUT2D eigenvalue weighted by atomic mass is 10.2. The van der Waals surface area contributed by atoms with Gasteiger partial charge in [0.15, 0.2) is 0 Å². The van der Waals surface area contributed by atoms with Gasteiger partial charge in [0.05, 0.1) is 16.7 Å². The van der Waals surface area contributed by atoms with Crippen molar-refractivity contribution in [2.45, 2.75) is 11.8 Å². The van der Waals surface area contributed by atoms with Crippen LogP contribution in [0.15, 0.2) is 41.4 Å². The van der Waals surface area contributed by atoms with Gasteiger partial charge in [-0.25, -0.2) is 13.4 Å². The summed E-state index contributed by atoms with van der Waals surface area (Å²) in [5.74, 6) is 0.213. The molecule has 0 spiro atoms. The van der Waals surface area contributed by atoms with Gasteiger partial charge in [-0.05, 0) is 42.8 Å². The zero-order valence-electron chi connectivity index (χ0n) is 10.5. The molecule has 0 aliphatic carbocycles. The second-order valence-corrected chi connectivity index (χ2v) is 6.14. The van der Waals surface area contributed by atoms with E-state index in [4.69, 9.17) is 16.9 Å². The summed E-state index contributed by atoms with van der Waals surface area (Å²) in [4.78, 5) is 3.83. The summed E-state index contributed by atoms with van der Waals surface area (Å²) in [6.45, 7) is 1.83. The first-order valence-corrected chi connectivity index (χ1v) is 7.43. The van der Waals surface area contributed by atoms with Crippen molar-refractivity contribution in [1.82, 2.24) is 4.98 Å². The van der Waals surface area contributed by atoms with Gasteiger partial charge in [0.25, 0.3) is 10.0 Å². The molecule has 1 aromatic carbocycles. The molecule has 0 aliphatic rings. The van der Waals surface area contributed by atoms with Crippen LogP contribution in [-0.2, 0) is 10.0 Å². The molecule has 0 saturated carbocycles. The van der Waals surface area contributed by atoms with Crippen LogP contribution < -0.4 is 4.72 Å².